The molecule has 0 amide bonds. The maximum absolute atomic E-state index is 12.7. The Morgan fingerprint density at radius 3 is 1.87 bits per heavy atom. The summed E-state index contributed by atoms with van der Waals surface area (Å²) in [6, 6.07) is 10.4. The minimum atomic E-state index is -3.72. The van der Waals surface area contributed by atoms with E-state index in [0.717, 1.165) is 9.87 Å². The normalized spacial score (nSPS) is 12.6. The number of hydrogen-bond acceptors (Lipinski definition) is 4. The summed E-state index contributed by atoms with van der Waals surface area (Å²) in [6.45, 7) is 1.87. The van der Waals surface area contributed by atoms with Gasteiger partial charge in [0.2, 0.25) is 19.9 Å². The van der Waals surface area contributed by atoms with E-state index >= 15 is 0 Å². The molecule has 0 N–H and O–H groups in total. The molecule has 124 valence electrons. The number of nitrogens with zero attached hydrogens (tertiary/aromatic N) is 1. The van der Waals surface area contributed by atoms with E-state index in [4.69, 9.17) is 0 Å². The van der Waals surface area contributed by atoms with Gasteiger partial charge in [0.05, 0.1) is 14.7 Å². The number of sulfone groups is 1. The predicted octanol–water partition coefficient (Wildman–Crippen LogP) is 2.84. The molecule has 2 rings (SSSR count). The molecule has 23 heavy (non-hydrogen) atoms. The molecule has 5 nitrogen and oxygen atoms in total. The van der Waals surface area contributed by atoms with Crippen molar-refractivity contribution in [2.45, 2.75) is 21.6 Å². The van der Waals surface area contributed by atoms with Crippen molar-refractivity contribution < 1.29 is 16.8 Å². The molecule has 0 aromatic heterocycles. The van der Waals surface area contributed by atoms with Gasteiger partial charge in [-0.05, 0) is 53.2 Å². The van der Waals surface area contributed by atoms with Crippen molar-refractivity contribution in [2.24, 2.45) is 0 Å². The lowest BCUT2D eigenvalue weighted by Crippen LogP contribution is -2.22. The largest absolute Gasteiger partial charge is 0.242 e. The van der Waals surface area contributed by atoms with E-state index in [0.29, 0.717) is 0 Å². The Morgan fingerprint density at radius 2 is 1.39 bits per heavy atom. The molecule has 8 heteroatoms. The molecule has 0 radical (unpaired) electrons. The summed E-state index contributed by atoms with van der Waals surface area (Å²) in [5.74, 6) is 0. The van der Waals surface area contributed by atoms with Gasteiger partial charge in [-0.2, -0.15) is 0 Å². The van der Waals surface area contributed by atoms with E-state index in [1.165, 1.54) is 44.4 Å². The van der Waals surface area contributed by atoms with Gasteiger partial charge in [-0.3, -0.25) is 0 Å². The molecular formula is C15H16BrNO4S2. The van der Waals surface area contributed by atoms with Crippen LogP contribution in [-0.2, 0) is 19.9 Å². The summed E-state index contributed by atoms with van der Waals surface area (Å²) in [6.07, 6.45) is 0. The molecule has 0 fully saturated rings. The molecule has 2 aromatic rings. The Kier molecular flexibility index (Phi) is 5.00. The van der Waals surface area contributed by atoms with Crippen LogP contribution in [0.1, 0.15) is 5.56 Å². The fourth-order valence-corrected chi connectivity index (χ4v) is 5.32. The predicted molar refractivity (Wildman–Crippen MR) is 91.6 cm³/mol. The van der Waals surface area contributed by atoms with Gasteiger partial charge < -0.3 is 0 Å². The lowest BCUT2D eigenvalue weighted by atomic mass is 10.2. The Labute approximate surface area is 145 Å². The third-order valence-electron chi connectivity index (χ3n) is 3.30. The van der Waals surface area contributed by atoms with Crippen LogP contribution in [0.3, 0.4) is 0 Å². The summed E-state index contributed by atoms with van der Waals surface area (Å²) in [5.41, 5.74) is 0.954. The molecule has 0 aliphatic rings. The van der Waals surface area contributed by atoms with E-state index in [2.05, 4.69) is 15.9 Å². The van der Waals surface area contributed by atoms with E-state index in [1.54, 1.807) is 12.1 Å². The first kappa shape index (κ1) is 18.1. The molecule has 0 aliphatic heterocycles. The second-order valence-corrected chi connectivity index (χ2v) is 10.1. The van der Waals surface area contributed by atoms with Gasteiger partial charge in [-0.25, -0.2) is 21.1 Å². The number of sulfonamides is 1. The zero-order valence-corrected chi connectivity index (χ0v) is 16.0. The van der Waals surface area contributed by atoms with E-state index < -0.39 is 19.9 Å². The first-order chi connectivity index (χ1) is 10.6. The molecule has 0 saturated carbocycles. The number of halogens is 1. The quantitative estimate of drug-likeness (QED) is 0.766. The molecule has 0 aliphatic carbocycles. The minimum Gasteiger partial charge on any atom is -0.218 e. The first-order valence-electron chi connectivity index (χ1n) is 6.60. The molecule has 2 aromatic carbocycles. The molecule has 0 saturated heterocycles. The lowest BCUT2D eigenvalue weighted by molar-refractivity contribution is 0.520. The van der Waals surface area contributed by atoms with Crippen molar-refractivity contribution in [3.63, 3.8) is 0 Å². The molecule has 0 atom stereocenters. The van der Waals surface area contributed by atoms with Gasteiger partial charge in [-0.1, -0.05) is 17.7 Å². The van der Waals surface area contributed by atoms with Gasteiger partial charge in [0.1, 0.15) is 0 Å². The smallest absolute Gasteiger partial charge is 0.218 e. The van der Waals surface area contributed by atoms with Gasteiger partial charge >= 0.3 is 0 Å². The maximum Gasteiger partial charge on any atom is 0.242 e. The van der Waals surface area contributed by atoms with E-state index in [1.807, 2.05) is 6.92 Å². The van der Waals surface area contributed by atoms with Crippen molar-refractivity contribution >= 4 is 35.8 Å². The third kappa shape index (κ3) is 3.50. The maximum atomic E-state index is 12.7. The Morgan fingerprint density at radius 1 is 0.870 bits per heavy atom. The monoisotopic (exact) mass is 417 g/mol. The third-order valence-corrected chi connectivity index (χ3v) is 7.86. The van der Waals surface area contributed by atoms with Crippen LogP contribution in [-0.4, -0.2) is 35.2 Å². The molecule has 0 spiro atoms. The molecule has 0 unspecified atom stereocenters. The molecule has 0 heterocycles. The highest BCUT2D eigenvalue weighted by Crippen LogP contribution is 2.30. The topological polar surface area (TPSA) is 71.5 Å². The van der Waals surface area contributed by atoms with E-state index in [9.17, 15) is 16.8 Å². The highest BCUT2D eigenvalue weighted by atomic mass is 79.9. The van der Waals surface area contributed by atoms with Crippen LogP contribution < -0.4 is 0 Å². The Bertz CT molecular complexity index is 934. The SMILES string of the molecule is Cc1ccc(S(=O)(=O)c2ccc(S(=O)(=O)N(C)C)cc2Br)cc1. The van der Waals surface area contributed by atoms with Gasteiger partial charge in [0.25, 0.3) is 0 Å². The average molecular weight is 418 g/mol. The first-order valence-corrected chi connectivity index (χ1v) is 10.3. The zero-order chi connectivity index (χ0) is 17.4. The standard InChI is InChI=1S/C15H16BrNO4S2/c1-11-4-6-12(7-5-11)22(18,19)15-9-8-13(10-14(15)16)23(20,21)17(2)3/h4-10H,1-3H3. The highest BCUT2D eigenvalue weighted by molar-refractivity contribution is 9.10. The highest BCUT2D eigenvalue weighted by Gasteiger charge is 2.24. The second-order valence-electron chi connectivity index (χ2n) is 5.20. The van der Waals surface area contributed by atoms with Crippen LogP contribution in [0.4, 0.5) is 0 Å². The Balaban J connectivity index is 2.56. The number of hydrogen-bond donors (Lipinski definition) is 0. The Hall–Kier alpha value is -1.22. The van der Waals surface area contributed by atoms with Crippen LogP contribution in [0.5, 0.6) is 0 Å². The lowest BCUT2D eigenvalue weighted by Gasteiger charge is -2.13. The van der Waals surface area contributed by atoms with Crippen LogP contribution in [0.25, 0.3) is 0 Å². The fraction of sp³-hybridized carbons (Fsp3) is 0.200. The zero-order valence-electron chi connectivity index (χ0n) is 12.8. The number of benzene rings is 2. The minimum absolute atomic E-state index is 0.0252. The summed E-state index contributed by atoms with van der Waals surface area (Å²) < 4.78 is 50.8. The second kappa shape index (κ2) is 6.35. The van der Waals surface area contributed by atoms with Crippen molar-refractivity contribution in [3.05, 3.63) is 52.5 Å². The molecule has 0 bridgehead atoms. The van der Waals surface area contributed by atoms with Crippen LogP contribution in [0.2, 0.25) is 0 Å². The summed E-state index contributed by atoms with van der Waals surface area (Å²) in [5, 5.41) is 0. The summed E-state index contributed by atoms with van der Waals surface area (Å²) in [7, 11) is -4.51. The van der Waals surface area contributed by atoms with Gasteiger partial charge in [0, 0.05) is 18.6 Å². The fourth-order valence-electron chi connectivity index (χ4n) is 1.92. The average Bonchev–Trinajstić information content (AvgIpc) is 2.47. The van der Waals surface area contributed by atoms with Crippen molar-refractivity contribution in [1.82, 2.24) is 4.31 Å². The summed E-state index contributed by atoms with van der Waals surface area (Å²) in [4.78, 5) is 0.211. The van der Waals surface area contributed by atoms with Gasteiger partial charge in [0.15, 0.2) is 0 Å². The summed E-state index contributed by atoms with van der Waals surface area (Å²) >= 11 is 3.17. The van der Waals surface area contributed by atoms with Crippen molar-refractivity contribution in [2.75, 3.05) is 14.1 Å². The van der Waals surface area contributed by atoms with Crippen molar-refractivity contribution in [3.8, 4) is 0 Å². The number of aryl methyl sites for hydroxylation is 1. The van der Waals surface area contributed by atoms with E-state index in [-0.39, 0.29) is 19.2 Å². The molecular weight excluding hydrogens is 402 g/mol. The van der Waals surface area contributed by atoms with Gasteiger partial charge in [-0.15, -0.1) is 0 Å². The number of rotatable bonds is 4. The van der Waals surface area contributed by atoms with Crippen LogP contribution >= 0.6 is 15.9 Å². The van der Waals surface area contributed by atoms with Crippen molar-refractivity contribution in [1.29, 1.82) is 0 Å². The van der Waals surface area contributed by atoms with Crippen LogP contribution in [0, 0.1) is 6.92 Å². The van der Waals surface area contributed by atoms with Crippen LogP contribution in [0.15, 0.2) is 61.6 Å².